The van der Waals surface area contributed by atoms with Gasteiger partial charge in [-0.15, -0.1) is 0 Å². The molecule has 1 atom stereocenters. The van der Waals surface area contributed by atoms with Gasteiger partial charge in [-0.25, -0.2) is 4.79 Å². The fourth-order valence-electron chi connectivity index (χ4n) is 1.92. The Morgan fingerprint density at radius 1 is 1.38 bits per heavy atom. The molecular formula is C16H24BrNO3. The van der Waals surface area contributed by atoms with Gasteiger partial charge in [0, 0.05) is 16.1 Å². The molecule has 1 N–H and O–H groups in total. The number of unbranched alkanes of at least 4 members (excludes halogenated alkanes) is 1. The minimum atomic E-state index is -0.328. The summed E-state index contributed by atoms with van der Waals surface area (Å²) in [6.07, 6.45) is 1.88. The van der Waals surface area contributed by atoms with Crippen LogP contribution in [0.25, 0.3) is 0 Å². The zero-order chi connectivity index (χ0) is 15.7. The van der Waals surface area contributed by atoms with E-state index in [-0.39, 0.29) is 18.6 Å². The predicted molar refractivity (Wildman–Crippen MR) is 87.6 cm³/mol. The van der Waals surface area contributed by atoms with Gasteiger partial charge < -0.3 is 14.8 Å². The van der Waals surface area contributed by atoms with Crippen LogP contribution in [-0.4, -0.2) is 25.7 Å². The molecule has 1 rings (SSSR count). The molecule has 0 amide bonds. The number of hydrogen-bond acceptors (Lipinski definition) is 4. The van der Waals surface area contributed by atoms with E-state index in [1.165, 1.54) is 0 Å². The Kier molecular flexibility index (Phi) is 8.38. The summed E-state index contributed by atoms with van der Waals surface area (Å²) in [6.45, 7) is 7.44. The SMILES string of the molecule is CCCCOC(=O)COc1cc(Br)ccc1C(C)NCC. The van der Waals surface area contributed by atoms with Gasteiger partial charge in [0.1, 0.15) is 5.75 Å². The zero-order valence-corrected chi connectivity index (χ0v) is 14.5. The Labute approximate surface area is 135 Å². The van der Waals surface area contributed by atoms with Crippen molar-refractivity contribution in [1.82, 2.24) is 5.32 Å². The first-order valence-corrected chi connectivity index (χ1v) is 8.19. The Hall–Kier alpha value is -1.07. The molecule has 1 aromatic carbocycles. The molecule has 4 nitrogen and oxygen atoms in total. The van der Waals surface area contributed by atoms with E-state index in [0.717, 1.165) is 29.4 Å². The van der Waals surface area contributed by atoms with Crippen molar-refractivity contribution in [2.75, 3.05) is 19.8 Å². The fourth-order valence-corrected chi connectivity index (χ4v) is 2.26. The first-order chi connectivity index (χ1) is 10.1. The summed E-state index contributed by atoms with van der Waals surface area (Å²) >= 11 is 3.43. The first kappa shape index (κ1) is 18.0. The third-order valence-corrected chi connectivity index (χ3v) is 3.55. The molecule has 118 valence electrons. The van der Waals surface area contributed by atoms with Crippen molar-refractivity contribution in [2.24, 2.45) is 0 Å². The topological polar surface area (TPSA) is 47.6 Å². The highest BCUT2D eigenvalue weighted by Gasteiger charge is 2.13. The van der Waals surface area contributed by atoms with Crippen LogP contribution >= 0.6 is 15.9 Å². The Bertz CT molecular complexity index is 451. The third-order valence-electron chi connectivity index (χ3n) is 3.06. The molecule has 0 bridgehead atoms. The first-order valence-electron chi connectivity index (χ1n) is 7.39. The van der Waals surface area contributed by atoms with Crippen molar-refractivity contribution >= 4 is 21.9 Å². The standard InChI is InChI=1S/C16H24BrNO3/c1-4-6-9-20-16(19)11-21-15-10-13(17)7-8-14(15)12(3)18-5-2/h7-8,10,12,18H,4-6,9,11H2,1-3H3. The second-order valence-corrected chi connectivity index (χ2v) is 5.74. The number of benzene rings is 1. The van der Waals surface area contributed by atoms with Gasteiger partial charge in [-0.2, -0.15) is 0 Å². The normalized spacial score (nSPS) is 12.0. The maximum Gasteiger partial charge on any atom is 0.344 e. The predicted octanol–water partition coefficient (Wildman–Crippen LogP) is 3.84. The van der Waals surface area contributed by atoms with Gasteiger partial charge in [-0.05, 0) is 32.0 Å². The van der Waals surface area contributed by atoms with E-state index in [2.05, 4.69) is 42.0 Å². The maximum absolute atomic E-state index is 11.6. The molecule has 0 saturated heterocycles. The number of nitrogens with one attached hydrogen (secondary N) is 1. The fraction of sp³-hybridized carbons (Fsp3) is 0.562. The molecule has 0 fully saturated rings. The largest absolute Gasteiger partial charge is 0.482 e. The molecule has 0 saturated carbocycles. The molecule has 5 heteroatoms. The summed E-state index contributed by atoms with van der Waals surface area (Å²) in [7, 11) is 0. The Balaban J connectivity index is 2.64. The molecular weight excluding hydrogens is 334 g/mol. The molecule has 0 aliphatic rings. The number of halogens is 1. The number of hydrogen-bond donors (Lipinski definition) is 1. The van der Waals surface area contributed by atoms with Crippen LogP contribution in [-0.2, 0) is 9.53 Å². The summed E-state index contributed by atoms with van der Waals surface area (Å²) in [4.78, 5) is 11.6. The van der Waals surface area contributed by atoms with E-state index in [1.54, 1.807) is 0 Å². The number of rotatable bonds is 9. The molecule has 1 unspecified atom stereocenters. The van der Waals surface area contributed by atoms with Gasteiger partial charge >= 0.3 is 5.97 Å². The van der Waals surface area contributed by atoms with E-state index in [4.69, 9.17) is 9.47 Å². The lowest BCUT2D eigenvalue weighted by Gasteiger charge is -2.17. The minimum Gasteiger partial charge on any atom is -0.482 e. The monoisotopic (exact) mass is 357 g/mol. The number of ether oxygens (including phenoxy) is 2. The second kappa shape index (κ2) is 9.79. The lowest BCUT2D eigenvalue weighted by atomic mass is 10.1. The molecule has 21 heavy (non-hydrogen) atoms. The molecule has 0 spiro atoms. The van der Waals surface area contributed by atoms with Crippen molar-refractivity contribution in [3.63, 3.8) is 0 Å². The van der Waals surface area contributed by atoms with Gasteiger partial charge in [0.2, 0.25) is 0 Å². The number of esters is 1. The van der Waals surface area contributed by atoms with Crippen LogP contribution in [0.3, 0.4) is 0 Å². The lowest BCUT2D eigenvalue weighted by Crippen LogP contribution is -2.20. The van der Waals surface area contributed by atoms with Gasteiger partial charge in [-0.1, -0.05) is 42.3 Å². The highest BCUT2D eigenvalue weighted by molar-refractivity contribution is 9.10. The van der Waals surface area contributed by atoms with Crippen LogP contribution in [0.4, 0.5) is 0 Å². The van der Waals surface area contributed by atoms with Crippen molar-refractivity contribution in [3.05, 3.63) is 28.2 Å². The van der Waals surface area contributed by atoms with E-state index < -0.39 is 0 Å². The van der Waals surface area contributed by atoms with E-state index in [1.807, 2.05) is 18.2 Å². The van der Waals surface area contributed by atoms with E-state index in [0.29, 0.717) is 12.4 Å². The minimum absolute atomic E-state index is 0.0635. The van der Waals surface area contributed by atoms with Crippen LogP contribution in [0.15, 0.2) is 22.7 Å². The van der Waals surface area contributed by atoms with Crippen LogP contribution in [0.2, 0.25) is 0 Å². The van der Waals surface area contributed by atoms with Crippen LogP contribution in [0.5, 0.6) is 5.75 Å². The molecule has 0 heterocycles. The summed E-state index contributed by atoms with van der Waals surface area (Å²) in [5.74, 6) is 0.371. The summed E-state index contributed by atoms with van der Waals surface area (Å²) in [6, 6.07) is 6.00. The Morgan fingerprint density at radius 2 is 2.14 bits per heavy atom. The van der Waals surface area contributed by atoms with Crippen molar-refractivity contribution in [1.29, 1.82) is 0 Å². The van der Waals surface area contributed by atoms with E-state index >= 15 is 0 Å². The average Bonchev–Trinajstić information content (AvgIpc) is 2.45. The van der Waals surface area contributed by atoms with Crippen LogP contribution in [0.1, 0.15) is 45.2 Å². The Morgan fingerprint density at radius 3 is 2.81 bits per heavy atom. The summed E-state index contributed by atoms with van der Waals surface area (Å²) in [5.41, 5.74) is 1.03. The van der Waals surface area contributed by atoms with Gasteiger partial charge in [-0.3, -0.25) is 0 Å². The number of carbonyl (C=O) groups is 1. The van der Waals surface area contributed by atoms with Crippen LogP contribution in [0, 0.1) is 0 Å². The zero-order valence-electron chi connectivity index (χ0n) is 12.9. The summed E-state index contributed by atoms with van der Waals surface area (Å²) in [5, 5.41) is 3.34. The average molecular weight is 358 g/mol. The smallest absolute Gasteiger partial charge is 0.344 e. The highest BCUT2D eigenvalue weighted by atomic mass is 79.9. The van der Waals surface area contributed by atoms with Crippen molar-refractivity contribution in [3.8, 4) is 5.75 Å². The molecule has 0 radical (unpaired) electrons. The maximum atomic E-state index is 11.6. The van der Waals surface area contributed by atoms with Gasteiger partial charge in [0.15, 0.2) is 6.61 Å². The van der Waals surface area contributed by atoms with Gasteiger partial charge in [0.25, 0.3) is 0 Å². The summed E-state index contributed by atoms with van der Waals surface area (Å²) < 4.78 is 11.6. The van der Waals surface area contributed by atoms with Gasteiger partial charge in [0.05, 0.1) is 6.61 Å². The quantitative estimate of drug-likeness (QED) is 0.538. The molecule has 0 aliphatic heterocycles. The highest BCUT2D eigenvalue weighted by Crippen LogP contribution is 2.28. The number of carbonyl (C=O) groups excluding carboxylic acids is 1. The molecule has 0 aromatic heterocycles. The molecule has 0 aliphatic carbocycles. The van der Waals surface area contributed by atoms with Crippen LogP contribution < -0.4 is 10.1 Å². The lowest BCUT2D eigenvalue weighted by molar-refractivity contribution is -0.146. The van der Waals surface area contributed by atoms with Crippen molar-refractivity contribution in [2.45, 2.75) is 39.7 Å². The van der Waals surface area contributed by atoms with E-state index in [9.17, 15) is 4.79 Å². The second-order valence-electron chi connectivity index (χ2n) is 4.82. The third kappa shape index (κ3) is 6.48. The molecule has 1 aromatic rings. The van der Waals surface area contributed by atoms with Crippen molar-refractivity contribution < 1.29 is 14.3 Å².